The Balaban J connectivity index is 1.44. The number of rotatable bonds is 9. The van der Waals surface area contributed by atoms with E-state index >= 15 is 9.13 Å². The maximum atomic E-state index is 15.1. The zero-order valence-corrected chi connectivity index (χ0v) is 24.8. The van der Waals surface area contributed by atoms with E-state index in [0.717, 1.165) is 32.1 Å². The third-order valence-corrected chi connectivity index (χ3v) is 13.7. The van der Waals surface area contributed by atoms with Gasteiger partial charge in [0, 0.05) is 32.1 Å². The highest BCUT2D eigenvalue weighted by atomic mass is 31.2. The maximum absolute atomic E-state index is 15.1. The van der Waals surface area contributed by atoms with Crippen molar-refractivity contribution in [2.24, 2.45) is 0 Å². The van der Waals surface area contributed by atoms with Gasteiger partial charge in [-0.1, -0.05) is 158 Å². The van der Waals surface area contributed by atoms with Crippen LogP contribution in [0.4, 0.5) is 0 Å². The van der Waals surface area contributed by atoms with E-state index in [2.05, 4.69) is 0 Å². The third-order valence-electron chi connectivity index (χ3n) is 7.40. The van der Waals surface area contributed by atoms with Gasteiger partial charge in [-0.3, -0.25) is 0 Å². The molecule has 0 fully saturated rings. The van der Waals surface area contributed by atoms with Gasteiger partial charge in [0.15, 0.2) is 14.3 Å². The van der Waals surface area contributed by atoms with Crippen LogP contribution in [0.3, 0.4) is 0 Å². The van der Waals surface area contributed by atoms with Crippen molar-refractivity contribution in [3.63, 3.8) is 0 Å². The molecular formula is C37H30O3P2. The van der Waals surface area contributed by atoms with Gasteiger partial charge in [0.25, 0.3) is 0 Å². The first-order chi connectivity index (χ1) is 20.6. The van der Waals surface area contributed by atoms with Crippen molar-refractivity contribution in [2.45, 2.75) is 6.61 Å². The quantitative estimate of drug-likeness (QED) is 0.181. The van der Waals surface area contributed by atoms with E-state index in [9.17, 15) is 0 Å². The number of hydrogen-bond acceptors (Lipinski definition) is 3. The lowest BCUT2D eigenvalue weighted by Gasteiger charge is -2.24. The van der Waals surface area contributed by atoms with Gasteiger partial charge >= 0.3 is 0 Å². The fourth-order valence-electron chi connectivity index (χ4n) is 5.34. The molecule has 206 valence electrons. The Morgan fingerprint density at radius 3 is 1.17 bits per heavy atom. The number of benzene rings is 6. The Hall–Kier alpha value is -4.42. The van der Waals surface area contributed by atoms with Crippen molar-refractivity contribution in [1.82, 2.24) is 0 Å². The molecule has 0 unspecified atom stereocenters. The number of hydrogen-bond donors (Lipinski definition) is 0. The fraction of sp³-hybridized carbons (Fsp3) is 0.0270. The molecule has 6 aromatic carbocycles. The molecule has 0 saturated heterocycles. The summed E-state index contributed by atoms with van der Waals surface area (Å²) >= 11 is 0. The van der Waals surface area contributed by atoms with Gasteiger partial charge in [-0.25, -0.2) is 0 Å². The van der Waals surface area contributed by atoms with E-state index in [1.54, 1.807) is 0 Å². The molecule has 0 radical (unpaired) electrons. The van der Waals surface area contributed by atoms with Gasteiger partial charge < -0.3 is 13.9 Å². The molecule has 42 heavy (non-hydrogen) atoms. The fourth-order valence-corrected chi connectivity index (χ4v) is 11.0. The molecule has 0 aromatic heterocycles. The lowest BCUT2D eigenvalue weighted by molar-refractivity contribution is 0.309. The highest BCUT2D eigenvalue weighted by Gasteiger charge is 2.34. The van der Waals surface area contributed by atoms with Crippen molar-refractivity contribution in [2.75, 3.05) is 0 Å². The highest BCUT2D eigenvalue weighted by Crippen LogP contribution is 2.46. The molecule has 0 amide bonds. The second-order valence-electron chi connectivity index (χ2n) is 9.95. The van der Waals surface area contributed by atoms with E-state index in [0.29, 0.717) is 11.1 Å². The number of para-hydroxylation sites is 1. The molecule has 0 saturated carbocycles. The summed E-state index contributed by atoms with van der Waals surface area (Å²) in [7, 11) is -6.47. The number of ether oxygens (including phenoxy) is 1. The first-order valence-electron chi connectivity index (χ1n) is 13.9. The second-order valence-corrected chi connectivity index (χ2v) is 15.4. The monoisotopic (exact) mass is 584 g/mol. The summed E-state index contributed by atoms with van der Waals surface area (Å²) in [4.78, 5) is 0. The van der Waals surface area contributed by atoms with Crippen molar-refractivity contribution in [3.8, 4) is 5.75 Å². The lowest BCUT2D eigenvalue weighted by atomic mass is 10.2. The predicted molar refractivity (Wildman–Crippen MR) is 176 cm³/mol. The van der Waals surface area contributed by atoms with Crippen LogP contribution in [0.1, 0.15) is 5.56 Å². The SMILES string of the molecule is O=P(c1ccccc1)(c1ccccc1)c1ccccc1COc1ccccc1P(=O)(c1ccccc1)c1ccccc1. The van der Waals surface area contributed by atoms with Crippen LogP contribution < -0.4 is 36.6 Å². The average molecular weight is 585 g/mol. The molecule has 0 bridgehead atoms. The van der Waals surface area contributed by atoms with Crippen LogP contribution in [-0.2, 0) is 15.7 Å². The summed E-state index contributed by atoms with van der Waals surface area (Å²) in [5.74, 6) is 0.539. The van der Waals surface area contributed by atoms with Crippen LogP contribution >= 0.6 is 14.3 Å². The standard InChI is InChI=1S/C37H30O3P2/c38-41(31-18-5-1-6-19-31,32-20-7-2-8-21-32)36-27-15-13-17-30(36)29-40-35-26-14-16-28-37(35)42(39,33-22-9-3-10-23-33)34-24-11-4-12-25-34/h1-28H,29H2. The Bertz CT molecular complexity index is 1650. The minimum atomic E-state index is -3.26. The molecule has 0 aliphatic heterocycles. The lowest BCUT2D eigenvalue weighted by Crippen LogP contribution is -2.28. The third kappa shape index (κ3) is 5.19. The van der Waals surface area contributed by atoms with Crippen LogP contribution in [0, 0.1) is 0 Å². The van der Waals surface area contributed by atoms with E-state index in [4.69, 9.17) is 4.74 Å². The average Bonchev–Trinajstić information content (AvgIpc) is 3.08. The largest absolute Gasteiger partial charge is 0.488 e. The van der Waals surface area contributed by atoms with Gasteiger partial charge in [-0.15, -0.1) is 0 Å². The van der Waals surface area contributed by atoms with Crippen LogP contribution in [0.25, 0.3) is 0 Å². The molecule has 0 aliphatic rings. The molecular weight excluding hydrogens is 554 g/mol. The molecule has 6 rings (SSSR count). The van der Waals surface area contributed by atoms with E-state index in [1.165, 1.54) is 0 Å². The Labute approximate surface area is 247 Å². The molecule has 0 atom stereocenters. The van der Waals surface area contributed by atoms with E-state index in [1.807, 2.05) is 170 Å². The predicted octanol–water partition coefficient (Wildman–Crippen LogP) is 6.54. The maximum Gasteiger partial charge on any atom is 0.174 e. The van der Waals surface area contributed by atoms with Crippen LogP contribution in [0.2, 0.25) is 0 Å². The van der Waals surface area contributed by atoms with Gasteiger partial charge in [0.05, 0.1) is 5.30 Å². The molecule has 5 heteroatoms. The summed E-state index contributed by atoms with van der Waals surface area (Å²) in [5.41, 5.74) is 0.817. The Kier molecular flexibility index (Phi) is 8.06. The highest BCUT2D eigenvalue weighted by molar-refractivity contribution is 7.85. The van der Waals surface area contributed by atoms with Crippen LogP contribution in [0.15, 0.2) is 170 Å². The summed E-state index contributed by atoms with van der Waals surface area (Å²) in [6.07, 6.45) is 0. The van der Waals surface area contributed by atoms with Crippen molar-refractivity contribution >= 4 is 46.1 Å². The smallest absolute Gasteiger partial charge is 0.174 e. The first kappa shape index (κ1) is 27.7. The zero-order valence-electron chi connectivity index (χ0n) is 23.0. The Morgan fingerprint density at radius 1 is 0.381 bits per heavy atom. The van der Waals surface area contributed by atoms with Gasteiger partial charge in [-0.2, -0.15) is 0 Å². The zero-order chi connectivity index (χ0) is 28.8. The summed E-state index contributed by atoms with van der Waals surface area (Å²) in [6.45, 7) is 0.167. The van der Waals surface area contributed by atoms with Crippen LogP contribution in [-0.4, -0.2) is 0 Å². The van der Waals surface area contributed by atoms with E-state index in [-0.39, 0.29) is 6.61 Å². The van der Waals surface area contributed by atoms with Gasteiger partial charge in [0.2, 0.25) is 0 Å². The Morgan fingerprint density at radius 2 is 0.714 bits per heavy atom. The first-order valence-corrected chi connectivity index (χ1v) is 17.3. The molecule has 0 aliphatic carbocycles. The van der Waals surface area contributed by atoms with Gasteiger partial charge in [-0.05, 0) is 12.1 Å². The van der Waals surface area contributed by atoms with Crippen molar-refractivity contribution in [1.29, 1.82) is 0 Å². The molecule has 3 nitrogen and oxygen atoms in total. The molecule has 0 N–H and O–H groups in total. The molecule has 6 aromatic rings. The summed E-state index contributed by atoms with van der Waals surface area (Å²) in [6, 6.07) is 53.7. The molecule has 0 heterocycles. The summed E-state index contributed by atoms with van der Waals surface area (Å²) in [5, 5.41) is 4.38. The minimum absolute atomic E-state index is 0.167. The normalized spacial score (nSPS) is 11.6. The van der Waals surface area contributed by atoms with Crippen molar-refractivity contribution < 1.29 is 13.9 Å². The topological polar surface area (TPSA) is 43.4 Å². The van der Waals surface area contributed by atoms with Crippen molar-refractivity contribution in [3.05, 3.63) is 175 Å². The molecule has 0 spiro atoms. The van der Waals surface area contributed by atoms with Gasteiger partial charge in [0.1, 0.15) is 12.4 Å². The van der Waals surface area contributed by atoms with Crippen LogP contribution in [0.5, 0.6) is 5.75 Å². The summed E-state index contributed by atoms with van der Waals surface area (Å²) < 4.78 is 36.8. The second kappa shape index (κ2) is 12.2. The van der Waals surface area contributed by atoms with E-state index < -0.39 is 14.3 Å². The minimum Gasteiger partial charge on any atom is -0.488 e.